The standard InChI is InChI=1S/C29H34NO2.H3O4P/c31-29(26-12-6-2-7-13-26,27-14-8-3-9-15-27)28-16-19-30(20-17-28,21-18-28)22-23-32-24-25-10-4-1-5-11-25;1-5(2,3)4/h1-15,31H,16-24H2;(H3,1,2,3,4)/q+1;/p-1. The second kappa shape index (κ2) is 11.6. The minimum atomic E-state index is -4.89. The fourth-order valence-corrected chi connectivity index (χ4v) is 6.10. The van der Waals surface area contributed by atoms with Crippen molar-refractivity contribution in [3.05, 3.63) is 108 Å². The summed E-state index contributed by atoms with van der Waals surface area (Å²) in [6.07, 6.45) is 3.14. The molecule has 3 fully saturated rings. The number of aliphatic hydroxyl groups is 1. The van der Waals surface area contributed by atoms with E-state index >= 15 is 0 Å². The average Bonchev–Trinajstić information content (AvgIpc) is 2.92. The summed E-state index contributed by atoms with van der Waals surface area (Å²) in [6.45, 7) is 5.91. The maximum atomic E-state index is 12.4. The second-order valence-corrected chi connectivity index (χ2v) is 11.2. The molecule has 8 heteroatoms. The third kappa shape index (κ3) is 6.57. The first-order valence-corrected chi connectivity index (χ1v) is 14.3. The highest BCUT2D eigenvalue weighted by atomic mass is 31.2. The van der Waals surface area contributed by atoms with Gasteiger partial charge in [0.15, 0.2) is 0 Å². The van der Waals surface area contributed by atoms with Crippen molar-refractivity contribution in [3.8, 4) is 0 Å². The van der Waals surface area contributed by atoms with Crippen LogP contribution in [-0.4, -0.2) is 52.2 Å². The monoisotopic (exact) mass is 525 g/mol. The van der Waals surface area contributed by atoms with Crippen LogP contribution in [0.1, 0.15) is 36.0 Å². The van der Waals surface area contributed by atoms with E-state index in [9.17, 15) is 5.11 Å². The number of phosphoric acid groups is 1. The highest BCUT2D eigenvalue weighted by Gasteiger charge is 2.60. The van der Waals surface area contributed by atoms with Crippen molar-refractivity contribution in [1.82, 2.24) is 0 Å². The van der Waals surface area contributed by atoms with Crippen molar-refractivity contribution in [2.24, 2.45) is 5.41 Å². The Kier molecular flexibility index (Phi) is 8.66. The number of nitrogens with zero attached hydrogens (tertiary/aromatic N) is 1. The smallest absolute Gasteiger partial charge is 0.262 e. The summed E-state index contributed by atoms with van der Waals surface area (Å²) < 4.78 is 15.9. The van der Waals surface area contributed by atoms with Gasteiger partial charge in [0.05, 0.1) is 32.8 Å². The van der Waals surface area contributed by atoms with Gasteiger partial charge in [0.25, 0.3) is 7.82 Å². The predicted octanol–water partition coefficient (Wildman–Crippen LogP) is 3.58. The minimum absolute atomic E-state index is 0.111. The van der Waals surface area contributed by atoms with Crippen LogP contribution in [0.4, 0.5) is 0 Å². The molecule has 198 valence electrons. The fourth-order valence-electron chi connectivity index (χ4n) is 6.10. The molecule has 3 aromatic carbocycles. The maximum Gasteiger partial charge on any atom is 0.262 e. The van der Waals surface area contributed by atoms with Gasteiger partial charge < -0.3 is 29.0 Å². The normalized spacial score (nSPS) is 23.2. The van der Waals surface area contributed by atoms with E-state index in [1.54, 1.807) is 0 Å². The molecule has 3 aromatic rings. The highest BCUT2D eigenvalue weighted by Crippen LogP contribution is 2.57. The first kappa shape index (κ1) is 27.7. The van der Waals surface area contributed by atoms with Crippen LogP contribution in [0.3, 0.4) is 0 Å². The molecule has 6 rings (SSSR count). The molecule has 0 saturated carbocycles. The van der Waals surface area contributed by atoms with Gasteiger partial charge in [-0.3, -0.25) is 4.57 Å². The second-order valence-electron chi connectivity index (χ2n) is 10.2. The molecule has 7 nitrogen and oxygen atoms in total. The summed E-state index contributed by atoms with van der Waals surface area (Å²) >= 11 is 0. The van der Waals surface area contributed by atoms with Gasteiger partial charge in [0.2, 0.25) is 0 Å². The number of quaternary nitrogens is 1. The average molecular weight is 526 g/mol. The summed E-state index contributed by atoms with van der Waals surface area (Å²) in [4.78, 5) is 22.9. The quantitative estimate of drug-likeness (QED) is 0.236. The molecule has 0 unspecified atom stereocenters. The van der Waals surface area contributed by atoms with Gasteiger partial charge in [0.1, 0.15) is 12.1 Å². The molecule has 0 spiro atoms. The molecule has 3 N–H and O–H groups in total. The van der Waals surface area contributed by atoms with Gasteiger partial charge in [-0.05, 0) is 16.7 Å². The number of piperidine rings is 3. The van der Waals surface area contributed by atoms with Crippen LogP contribution in [0, 0.1) is 5.41 Å². The zero-order valence-electron chi connectivity index (χ0n) is 21.0. The molecule has 0 radical (unpaired) electrons. The van der Waals surface area contributed by atoms with Crippen LogP contribution in [0.15, 0.2) is 91.0 Å². The molecule has 3 aliphatic heterocycles. The summed E-state index contributed by atoms with van der Waals surface area (Å²) in [5.74, 6) is 0. The predicted molar refractivity (Wildman–Crippen MR) is 140 cm³/mol. The highest BCUT2D eigenvalue weighted by molar-refractivity contribution is 7.43. The van der Waals surface area contributed by atoms with E-state index < -0.39 is 13.4 Å². The largest absolute Gasteiger partial charge is 0.756 e. The Balaban J connectivity index is 0.000000586. The number of fused-ring (bicyclic) bond motifs is 3. The van der Waals surface area contributed by atoms with Crippen LogP contribution in [-0.2, 0) is 21.5 Å². The van der Waals surface area contributed by atoms with E-state index in [0.29, 0.717) is 6.61 Å². The Bertz CT molecular complexity index is 1100. The lowest BCUT2D eigenvalue weighted by atomic mass is 9.56. The molecule has 0 atom stereocenters. The lowest BCUT2D eigenvalue weighted by molar-refractivity contribution is -0.946. The topological polar surface area (TPSA) is 110 Å². The SMILES string of the molecule is O=P([O-])(O)O.OC(c1ccccc1)(c1ccccc1)C12CC[N+](CCOCc3ccccc3)(CC1)CC2. The molecule has 3 saturated heterocycles. The van der Waals surface area contributed by atoms with E-state index in [-0.39, 0.29) is 5.41 Å². The third-order valence-electron chi connectivity index (χ3n) is 8.17. The molecule has 3 heterocycles. The molecule has 0 amide bonds. The summed E-state index contributed by atoms with van der Waals surface area (Å²) in [5.41, 5.74) is 2.23. The summed E-state index contributed by atoms with van der Waals surface area (Å²) in [7, 11) is -4.89. The van der Waals surface area contributed by atoms with E-state index in [0.717, 1.165) is 67.7 Å². The van der Waals surface area contributed by atoms with Gasteiger partial charge >= 0.3 is 0 Å². The first-order valence-electron chi connectivity index (χ1n) is 12.7. The van der Waals surface area contributed by atoms with E-state index in [1.807, 2.05) is 18.2 Å². The van der Waals surface area contributed by atoms with Crippen molar-refractivity contribution < 1.29 is 33.6 Å². The van der Waals surface area contributed by atoms with Gasteiger partial charge in [-0.1, -0.05) is 91.0 Å². The van der Waals surface area contributed by atoms with Gasteiger partial charge in [-0.15, -0.1) is 0 Å². The van der Waals surface area contributed by atoms with E-state index in [1.165, 1.54) is 5.56 Å². The van der Waals surface area contributed by atoms with Gasteiger partial charge in [0, 0.05) is 24.7 Å². The van der Waals surface area contributed by atoms with Gasteiger partial charge in [-0.25, -0.2) is 0 Å². The van der Waals surface area contributed by atoms with Crippen LogP contribution in [0.25, 0.3) is 0 Å². The van der Waals surface area contributed by atoms with Crippen molar-refractivity contribution >= 4 is 7.82 Å². The van der Waals surface area contributed by atoms with Crippen LogP contribution in [0.2, 0.25) is 0 Å². The molecular formula is C29H36NO6P. The van der Waals surface area contributed by atoms with Crippen molar-refractivity contribution in [1.29, 1.82) is 0 Å². The van der Waals surface area contributed by atoms with Crippen LogP contribution < -0.4 is 4.89 Å². The Morgan fingerprint density at radius 1 is 0.811 bits per heavy atom. The fraction of sp³-hybridized carbons (Fsp3) is 0.379. The maximum absolute atomic E-state index is 12.4. The molecular weight excluding hydrogens is 489 g/mol. The molecule has 0 aliphatic carbocycles. The van der Waals surface area contributed by atoms with Crippen molar-refractivity contribution in [2.75, 3.05) is 32.8 Å². The van der Waals surface area contributed by atoms with E-state index in [2.05, 4.69) is 72.8 Å². The number of hydrogen-bond acceptors (Lipinski definition) is 4. The summed E-state index contributed by atoms with van der Waals surface area (Å²) in [6, 6.07) is 31.1. The van der Waals surface area contributed by atoms with Gasteiger partial charge in [-0.2, -0.15) is 0 Å². The minimum Gasteiger partial charge on any atom is -0.756 e. The van der Waals surface area contributed by atoms with Crippen LogP contribution in [0.5, 0.6) is 0 Å². The Hall–Kier alpha value is -2.35. The lowest BCUT2D eigenvalue weighted by Gasteiger charge is -2.60. The number of benzene rings is 3. The molecule has 0 aromatic heterocycles. The third-order valence-corrected chi connectivity index (χ3v) is 8.17. The van der Waals surface area contributed by atoms with Crippen LogP contribution >= 0.6 is 7.82 Å². The number of ether oxygens (including phenoxy) is 1. The molecule has 3 aliphatic rings. The molecule has 2 bridgehead atoms. The Labute approximate surface area is 218 Å². The zero-order valence-corrected chi connectivity index (χ0v) is 21.9. The van der Waals surface area contributed by atoms with Crippen molar-refractivity contribution in [3.63, 3.8) is 0 Å². The Morgan fingerprint density at radius 2 is 1.22 bits per heavy atom. The van der Waals surface area contributed by atoms with E-state index in [4.69, 9.17) is 24.0 Å². The Morgan fingerprint density at radius 3 is 1.65 bits per heavy atom. The lowest BCUT2D eigenvalue weighted by Crippen LogP contribution is -2.67. The number of rotatable bonds is 8. The summed E-state index contributed by atoms with van der Waals surface area (Å²) in [5, 5.41) is 12.4. The number of hydrogen-bond donors (Lipinski definition) is 3. The molecule has 37 heavy (non-hydrogen) atoms. The van der Waals surface area contributed by atoms with Crippen molar-refractivity contribution in [2.45, 2.75) is 31.5 Å². The zero-order chi connectivity index (χ0) is 26.4. The first-order chi connectivity index (χ1) is 17.7.